The molecule has 0 aliphatic carbocycles. The van der Waals surface area contributed by atoms with E-state index < -0.39 is 6.10 Å². The van der Waals surface area contributed by atoms with Crippen molar-refractivity contribution in [2.24, 2.45) is 0 Å². The monoisotopic (exact) mass is 275 g/mol. The summed E-state index contributed by atoms with van der Waals surface area (Å²) in [6.07, 6.45) is -0.629. The van der Waals surface area contributed by atoms with Crippen LogP contribution in [0.2, 0.25) is 0 Å². The van der Waals surface area contributed by atoms with Crippen molar-refractivity contribution in [2.75, 3.05) is 5.73 Å². The number of rotatable bonds is 3. The highest BCUT2D eigenvalue weighted by molar-refractivity contribution is 5.63. The van der Waals surface area contributed by atoms with Gasteiger partial charge in [0, 0.05) is 5.69 Å². The molecule has 0 fully saturated rings. The minimum Gasteiger partial charge on any atom is -0.399 e. The zero-order valence-corrected chi connectivity index (χ0v) is 11.6. The van der Waals surface area contributed by atoms with Gasteiger partial charge in [0.1, 0.15) is 6.10 Å². The van der Waals surface area contributed by atoms with Gasteiger partial charge in [0.2, 0.25) is 0 Å². The quantitative estimate of drug-likeness (QED) is 0.709. The first-order valence-corrected chi connectivity index (χ1v) is 6.93. The normalized spacial score (nSPS) is 12.0. The van der Waals surface area contributed by atoms with Gasteiger partial charge in [0.15, 0.2) is 0 Å². The van der Waals surface area contributed by atoms with Crippen LogP contribution in [0.3, 0.4) is 0 Å². The van der Waals surface area contributed by atoms with Crippen molar-refractivity contribution in [2.45, 2.75) is 6.10 Å². The summed E-state index contributed by atoms with van der Waals surface area (Å²) in [6, 6.07) is 25.5. The van der Waals surface area contributed by atoms with Crippen molar-refractivity contribution in [3.05, 3.63) is 90.0 Å². The van der Waals surface area contributed by atoms with E-state index >= 15 is 0 Å². The lowest BCUT2D eigenvalue weighted by Crippen LogP contribution is -1.99. The van der Waals surface area contributed by atoms with E-state index in [1.54, 1.807) is 12.1 Å². The Bertz CT molecular complexity index is 703. The molecule has 3 aromatic rings. The Morgan fingerprint density at radius 3 is 1.67 bits per heavy atom. The van der Waals surface area contributed by atoms with Crippen LogP contribution >= 0.6 is 0 Å². The zero-order valence-electron chi connectivity index (χ0n) is 11.6. The lowest BCUT2D eigenvalue weighted by Gasteiger charge is -2.12. The molecule has 0 unspecified atom stereocenters. The molecule has 0 amide bonds. The summed E-state index contributed by atoms with van der Waals surface area (Å²) in [5.41, 5.74) is 10.4. The van der Waals surface area contributed by atoms with Crippen LogP contribution in [0.5, 0.6) is 0 Å². The van der Waals surface area contributed by atoms with E-state index in [0.29, 0.717) is 5.69 Å². The molecule has 0 aromatic heterocycles. The summed E-state index contributed by atoms with van der Waals surface area (Å²) >= 11 is 0. The molecule has 0 heterocycles. The lowest BCUT2D eigenvalue weighted by molar-refractivity contribution is 0.220. The Labute approximate surface area is 124 Å². The third-order valence-electron chi connectivity index (χ3n) is 3.59. The number of hydrogen-bond acceptors (Lipinski definition) is 2. The predicted octanol–water partition coefficient (Wildman–Crippen LogP) is 4.02. The van der Waals surface area contributed by atoms with Crippen LogP contribution in [-0.2, 0) is 0 Å². The number of anilines is 1. The Morgan fingerprint density at radius 2 is 1.10 bits per heavy atom. The van der Waals surface area contributed by atoms with Crippen molar-refractivity contribution >= 4 is 5.69 Å². The van der Waals surface area contributed by atoms with Crippen molar-refractivity contribution in [3.63, 3.8) is 0 Å². The molecular weight excluding hydrogens is 258 g/mol. The van der Waals surface area contributed by atoms with Crippen molar-refractivity contribution < 1.29 is 5.11 Å². The van der Waals surface area contributed by atoms with Crippen LogP contribution in [0.15, 0.2) is 78.9 Å². The summed E-state index contributed by atoms with van der Waals surface area (Å²) in [6.45, 7) is 0. The van der Waals surface area contributed by atoms with Crippen LogP contribution in [0.1, 0.15) is 17.2 Å². The molecule has 0 spiro atoms. The number of aliphatic hydroxyl groups excluding tert-OH is 1. The number of aliphatic hydroxyl groups is 1. The summed E-state index contributed by atoms with van der Waals surface area (Å²) in [5.74, 6) is 0. The minimum absolute atomic E-state index is 0.629. The number of nitrogen functional groups attached to an aromatic ring is 1. The summed E-state index contributed by atoms with van der Waals surface area (Å²) < 4.78 is 0. The molecular formula is C19H17NO. The molecule has 3 N–H and O–H groups in total. The van der Waals surface area contributed by atoms with E-state index in [1.807, 2.05) is 54.6 Å². The fraction of sp³-hybridized carbons (Fsp3) is 0.0526. The SMILES string of the molecule is Nc1ccc([C@@H](O)c2ccc(-c3ccccc3)cc2)cc1. The molecule has 3 aromatic carbocycles. The second-order valence-electron chi connectivity index (χ2n) is 5.06. The number of hydrogen-bond donors (Lipinski definition) is 2. The molecule has 0 radical (unpaired) electrons. The highest BCUT2D eigenvalue weighted by Gasteiger charge is 2.10. The van der Waals surface area contributed by atoms with Gasteiger partial charge in [-0.25, -0.2) is 0 Å². The van der Waals surface area contributed by atoms with Gasteiger partial charge >= 0.3 is 0 Å². The molecule has 1 atom stereocenters. The van der Waals surface area contributed by atoms with Crippen LogP contribution in [0.25, 0.3) is 11.1 Å². The molecule has 0 saturated heterocycles. The predicted molar refractivity (Wildman–Crippen MR) is 86.8 cm³/mol. The average Bonchev–Trinajstić information content (AvgIpc) is 2.56. The molecule has 0 aliphatic heterocycles. The standard InChI is InChI=1S/C19H17NO/c20-18-12-10-17(11-13-18)19(21)16-8-6-15(7-9-16)14-4-2-1-3-5-14/h1-13,19,21H,20H2/t19-/m0/s1. The third-order valence-corrected chi connectivity index (χ3v) is 3.59. The number of nitrogens with two attached hydrogens (primary N) is 1. The van der Waals surface area contributed by atoms with Crippen LogP contribution in [-0.4, -0.2) is 5.11 Å². The van der Waals surface area contributed by atoms with Crippen molar-refractivity contribution in [1.29, 1.82) is 0 Å². The van der Waals surface area contributed by atoms with Crippen molar-refractivity contribution in [1.82, 2.24) is 0 Å². The zero-order chi connectivity index (χ0) is 14.7. The molecule has 2 nitrogen and oxygen atoms in total. The Balaban J connectivity index is 1.85. The van der Waals surface area contributed by atoms with E-state index in [1.165, 1.54) is 5.56 Å². The Hall–Kier alpha value is -2.58. The van der Waals surface area contributed by atoms with Gasteiger partial charge in [0.25, 0.3) is 0 Å². The van der Waals surface area contributed by atoms with E-state index in [4.69, 9.17) is 5.73 Å². The maximum Gasteiger partial charge on any atom is 0.104 e. The maximum atomic E-state index is 10.4. The minimum atomic E-state index is -0.629. The van der Waals surface area contributed by atoms with Gasteiger partial charge < -0.3 is 10.8 Å². The second-order valence-corrected chi connectivity index (χ2v) is 5.06. The van der Waals surface area contributed by atoms with Crippen molar-refractivity contribution in [3.8, 4) is 11.1 Å². The Kier molecular flexibility index (Phi) is 3.71. The summed E-state index contributed by atoms with van der Waals surface area (Å²) in [5, 5.41) is 10.4. The molecule has 0 saturated carbocycles. The largest absolute Gasteiger partial charge is 0.399 e. The molecule has 2 heteroatoms. The first kappa shape index (κ1) is 13.4. The topological polar surface area (TPSA) is 46.2 Å². The van der Waals surface area contributed by atoms with Gasteiger partial charge in [-0.05, 0) is 34.4 Å². The van der Waals surface area contributed by atoms with E-state index in [2.05, 4.69) is 12.1 Å². The van der Waals surface area contributed by atoms with Gasteiger partial charge in [-0.15, -0.1) is 0 Å². The summed E-state index contributed by atoms with van der Waals surface area (Å²) in [7, 11) is 0. The highest BCUT2D eigenvalue weighted by Crippen LogP contribution is 2.26. The maximum absolute atomic E-state index is 10.4. The van der Waals surface area contributed by atoms with E-state index in [0.717, 1.165) is 16.7 Å². The van der Waals surface area contributed by atoms with E-state index in [9.17, 15) is 5.11 Å². The summed E-state index contributed by atoms with van der Waals surface area (Å²) in [4.78, 5) is 0. The van der Waals surface area contributed by atoms with Gasteiger partial charge in [-0.3, -0.25) is 0 Å². The van der Waals surface area contributed by atoms with E-state index in [-0.39, 0.29) is 0 Å². The average molecular weight is 275 g/mol. The third kappa shape index (κ3) is 2.96. The Morgan fingerprint density at radius 1 is 0.619 bits per heavy atom. The molecule has 3 rings (SSSR count). The fourth-order valence-electron chi connectivity index (χ4n) is 2.36. The van der Waals surface area contributed by atoms with Gasteiger partial charge in [-0.1, -0.05) is 66.7 Å². The van der Waals surface area contributed by atoms with Crippen LogP contribution in [0.4, 0.5) is 5.69 Å². The molecule has 0 aliphatic rings. The molecule has 21 heavy (non-hydrogen) atoms. The van der Waals surface area contributed by atoms with Gasteiger partial charge in [0.05, 0.1) is 0 Å². The second kappa shape index (κ2) is 5.81. The first-order chi connectivity index (χ1) is 10.2. The van der Waals surface area contributed by atoms with Crippen LogP contribution in [0, 0.1) is 0 Å². The molecule has 0 bridgehead atoms. The van der Waals surface area contributed by atoms with Crippen LogP contribution < -0.4 is 5.73 Å². The molecule has 104 valence electrons. The highest BCUT2D eigenvalue weighted by atomic mass is 16.3. The van der Waals surface area contributed by atoms with Gasteiger partial charge in [-0.2, -0.15) is 0 Å². The fourth-order valence-corrected chi connectivity index (χ4v) is 2.36. The smallest absolute Gasteiger partial charge is 0.104 e. The number of benzene rings is 3. The lowest BCUT2D eigenvalue weighted by atomic mass is 9.98. The first-order valence-electron chi connectivity index (χ1n) is 6.93.